The predicted octanol–water partition coefficient (Wildman–Crippen LogP) is 27.3. The maximum Gasteiger partial charge on any atom is 0.472 e. The highest BCUT2D eigenvalue weighted by molar-refractivity contribution is 7.47. The average molecular weight is 1580 g/mol. The van der Waals surface area contributed by atoms with Crippen LogP contribution in [-0.2, 0) is 65.4 Å². The van der Waals surface area contributed by atoms with Crippen LogP contribution in [0.1, 0.15) is 472 Å². The van der Waals surface area contributed by atoms with Crippen molar-refractivity contribution in [2.45, 2.75) is 491 Å². The number of carbonyl (C=O) groups is 4. The summed E-state index contributed by atoms with van der Waals surface area (Å²) < 4.78 is 68.9. The molecule has 19 heteroatoms. The third-order valence-electron chi connectivity index (χ3n) is 22.0. The molecule has 0 saturated carbocycles. The molecule has 0 aromatic carbocycles. The van der Waals surface area contributed by atoms with E-state index < -0.39 is 97.5 Å². The van der Waals surface area contributed by atoms with Gasteiger partial charge in [0, 0.05) is 25.7 Å². The number of phosphoric acid groups is 2. The number of esters is 4. The van der Waals surface area contributed by atoms with Crippen molar-refractivity contribution in [3.63, 3.8) is 0 Å². The minimum absolute atomic E-state index is 0.107. The molecule has 8 atom stereocenters. The van der Waals surface area contributed by atoms with Crippen LogP contribution >= 0.6 is 15.6 Å². The van der Waals surface area contributed by atoms with Crippen molar-refractivity contribution in [2.75, 3.05) is 39.6 Å². The van der Waals surface area contributed by atoms with Gasteiger partial charge in [0.05, 0.1) is 26.4 Å². The van der Waals surface area contributed by atoms with Crippen molar-refractivity contribution in [3.8, 4) is 0 Å². The van der Waals surface area contributed by atoms with Gasteiger partial charge < -0.3 is 33.8 Å². The first kappa shape index (κ1) is 106. The first-order valence-corrected chi connectivity index (χ1v) is 49.0. The van der Waals surface area contributed by atoms with Crippen LogP contribution in [0.5, 0.6) is 0 Å². The number of aliphatic hydroxyl groups is 1. The molecule has 0 bridgehead atoms. The Bertz CT molecular complexity index is 2080. The number of ether oxygens (including phenoxy) is 4. The predicted molar refractivity (Wildman–Crippen MR) is 446 cm³/mol. The second-order valence-corrected chi connectivity index (χ2v) is 35.6. The molecular formula is C89H174O17P2. The van der Waals surface area contributed by atoms with Gasteiger partial charge in [0.25, 0.3) is 0 Å². The maximum absolute atomic E-state index is 13.2. The van der Waals surface area contributed by atoms with Crippen LogP contribution in [-0.4, -0.2) is 96.7 Å². The Morgan fingerprint density at radius 1 is 0.259 bits per heavy atom. The first-order chi connectivity index (χ1) is 52.3. The number of unbranched alkanes of at least 4 members (excludes halogenated alkanes) is 52. The van der Waals surface area contributed by atoms with Crippen LogP contribution in [0.2, 0.25) is 0 Å². The van der Waals surface area contributed by atoms with Gasteiger partial charge in [0.1, 0.15) is 19.3 Å². The molecule has 0 amide bonds. The van der Waals surface area contributed by atoms with E-state index in [-0.39, 0.29) is 25.7 Å². The van der Waals surface area contributed by atoms with Gasteiger partial charge in [0.15, 0.2) is 12.2 Å². The third-order valence-corrected chi connectivity index (χ3v) is 23.9. The third kappa shape index (κ3) is 78.0. The number of aliphatic hydroxyl groups excluding tert-OH is 1. The fraction of sp³-hybridized carbons (Fsp3) is 0.955. The average Bonchev–Trinajstić information content (AvgIpc) is 0.899. The molecule has 642 valence electrons. The van der Waals surface area contributed by atoms with Crippen LogP contribution in [0, 0.1) is 17.8 Å². The SMILES string of the molecule is CCCCCCCCCCCCCCCCC(=O)O[C@H](COC(=O)CCCCCCCCC(C)CC)COP(=O)(O)OC[C@H](O)COP(=O)(O)OC[C@@H](COC(=O)CCCCCCCCCCCCCCCCCCCCC(C)CC)OC(=O)CCCCCCCCCCCCCCCCCCCCC(C)CC. The highest BCUT2D eigenvalue weighted by Crippen LogP contribution is 2.45. The Morgan fingerprint density at radius 3 is 0.657 bits per heavy atom. The number of rotatable bonds is 87. The Morgan fingerprint density at radius 2 is 0.444 bits per heavy atom. The minimum atomic E-state index is -4.97. The van der Waals surface area contributed by atoms with Crippen molar-refractivity contribution in [1.82, 2.24) is 0 Å². The van der Waals surface area contributed by atoms with E-state index in [9.17, 15) is 43.2 Å². The van der Waals surface area contributed by atoms with E-state index in [4.69, 9.17) is 37.0 Å². The van der Waals surface area contributed by atoms with Gasteiger partial charge in [-0.3, -0.25) is 37.3 Å². The molecule has 0 aliphatic rings. The highest BCUT2D eigenvalue weighted by Gasteiger charge is 2.31. The van der Waals surface area contributed by atoms with Gasteiger partial charge in [-0.1, -0.05) is 421 Å². The summed E-state index contributed by atoms with van der Waals surface area (Å²) in [6, 6.07) is 0. The van der Waals surface area contributed by atoms with Crippen LogP contribution in [0.15, 0.2) is 0 Å². The molecule has 0 spiro atoms. The van der Waals surface area contributed by atoms with E-state index in [1.54, 1.807) is 0 Å². The minimum Gasteiger partial charge on any atom is -0.462 e. The number of hydrogen-bond acceptors (Lipinski definition) is 15. The molecule has 0 aliphatic carbocycles. The number of hydrogen-bond donors (Lipinski definition) is 3. The Kier molecular flexibility index (Phi) is 77.5. The molecule has 0 aromatic heterocycles. The lowest BCUT2D eigenvalue weighted by molar-refractivity contribution is -0.161. The van der Waals surface area contributed by atoms with Gasteiger partial charge in [0.2, 0.25) is 0 Å². The molecule has 5 unspecified atom stereocenters. The quantitative estimate of drug-likeness (QED) is 0.0222. The largest absolute Gasteiger partial charge is 0.472 e. The lowest BCUT2D eigenvalue weighted by Crippen LogP contribution is -2.30. The zero-order chi connectivity index (χ0) is 79.3. The monoisotopic (exact) mass is 1580 g/mol. The van der Waals surface area contributed by atoms with Crippen molar-refractivity contribution < 1.29 is 80.2 Å². The molecule has 0 radical (unpaired) electrons. The van der Waals surface area contributed by atoms with Gasteiger partial charge in [-0.2, -0.15) is 0 Å². The Labute approximate surface area is 664 Å². The van der Waals surface area contributed by atoms with E-state index in [0.29, 0.717) is 25.7 Å². The van der Waals surface area contributed by atoms with Crippen LogP contribution in [0.25, 0.3) is 0 Å². The standard InChI is InChI=1S/C89H174O17P2/c1-8-12-13-14-15-16-17-18-33-39-44-49-58-65-72-89(94)106-85(77-100-87(92)71-64-57-52-51-55-62-69-82(7)11-4)79-104-108(97,98)102-75-83(90)74-101-107(95,96)103-78-84(105-88(93)73-66-59-50-45-40-35-30-26-22-20-24-28-32-37-42-47-54-61-68-81(6)10-3)76-99-86(91)70-63-56-48-43-38-34-29-25-21-19-23-27-31-36-41-46-53-60-67-80(5)9-2/h80-85,90H,8-79H2,1-7H3,(H,95,96)(H,97,98)/t80?,81?,82?,83-,84-,85-/m1/s1. The molecule has 0 aromatic rings. The molecule has 0 heterocycles. The summed E-state index contributed by atoms with van der Waals surface area (Å²) in [7, 11) is -9.93. The van der Waals surface area contributed by atoms with E-state index in [0.717, 1.165) is 114 Å². The molecular weight excluding hydrogens is 1400 g/mol. The lowest BCUT2D eigenvalue weighted by Gasteiger charge is -2.21. The maximum atomic E-state index is 13.2. The summed E-state index contributed by atoms with van der Waals surface area (Å²) in [6.07, 6.45) is 70.9. The highest BCUT2D eigenvalue weighted by atomic mass is 31.2. The summed E-state index contributed by atoms with van der Waals surface area (Å²) in [5.41, 5.74) is 0. The van der Waals surface area contributed by atoms with Gasteiger partial charge in [-0.15, -0.1) is 0 Å². The fourth-order valence-corrected chi connectivity index (χ4v) is 15.4. The normalized spacial score (nSPS) is 14.6. The molecule has 0 saturated heterocycles. The van der Waals surface area contributed by atoms with Crippen molar-refractivity contribution in [3.05, 3.63) is 0 Å². The zero-order valence-electron chi connectivity index (χ0n) is 71.3. The van der Waals surface area contributed by atoms with E-state index in [1.165, 1.54) is 276 Å². The van der Waals surface area contributed by atoms with Crippen LogP contribution < -0.4 is 0 Å². The van der Waals surface area contributed by atoms with Gasteiger partial charge in [-0.05, 0) is 43.4 Å². The van der Waals surface area contributed by atoms with E-state index in [2.05, 4.69) is 48.5 Å². The van der Waals surface area contributed by atoms with Crippen molar-refractivity contribution >= 4 is 39.5 Å². The molecule has 3 N–H and O–H groups in total. The number of phosphoric ester groups is 2. The second kappa shape index (κ2) is 78.9. The summed E-state index contributed by atoms with van der Waals surface area (Å²) in [5.74, 6) is 0.373. The van der Waals surface area contributed by atoms with E-state index in [1.807, 2.05) is 0 Å². The van der Waals surface area contributed by atoms with Crippen LogP contribution in [0.3, 0.4) is 0 Å². The summed E-state index contributed by atoms with van der Waals surface area (Å²) in [4.78, 5) is 73.3. The second-order valence-electron chi connectivity index (χ2n) is 32.7. The Hall–Kier alpha value is -1.94. The van der Waals surface area contributed by atoms with E-state index >= 15 is 0 Å². The fourth-order valence-electron chi connectivity index (χ4n) is 13.8. The molecule has 17 nitrogen and oxygen atoms in total. The molecule has 108 heavy (non-hydrogen) atoms. The molecule has 0 rings (SSSR count). The number of carbonyl (C=O) groups excluding carboxylic acids is 4. The Balaban J connectivity index is 5.21. The smallest absolute Gasteiger partial charge is 0.462 e. The summed E-state index contributed by atoms with van der Waals surface area (Å²) in [5, 5.41) is 10.7. The molecule has 0 fully saturated rings. The van der Waals surface area contributed by atoms with Crippen molar-refractivity contribution in [1.29, 1.82) is 0 Å². The lowest BCUT2D eigenvalue weighted by atomic mass is 9.99. The van der Waals surface area contributed by atoms with Crippen LogP contribution in [0.4, 0.5) is 0 Å². The molecule has 0 aliphatic heterocycles. The zero-order valence-corrected chi connectivity index (χ0v) is 73.1. The van der Waals surface area contributed by atoms with Gasteiger partial charge in [-0.25, -0.2) is 9.13 Å². The summed E-state index contributed by atoms with van der Waals surface area (Å²) >= 11 is 0. The van der Waals surface area contributed by atoms with Gasteiger partial charge >= 0.3 is 39.5 Å². The van der Waals surface area contributed by atoms with Crippen molar-refractivity contribution in [2.24, 2.45) is 17.8 Å². The first-order valence-electron chi connectivity index (χ1n) is 46.0. The summed E-state index contributed by atoms with van der Waals surface area (Å²) in [6.45, 7) is 12.1. The topological polar surface area (TPSA) is 237 Å².